The zero-order chi connectivity index (χ0) is 12.3. The van der Waals surface area contributed by atoms with E-state index in [-0.39, 0.29) is 16.6 Å². The van der Waals surface area contributed by atoms with Crippen LogP contribution in [0.1, 0.15) is 47.5 Å². The zero-order valence-electron chi connectivity index (χ0n) is 11.1. The third-order valence-electron chi connectivity index (χ3n) is 2.98. The van der Waals surface area contributed by atoms with E-state index in [4.69, 9.17) is 4.74 Å². The zero-order valence-corrected chi connectivity index (χ0v) is 11.9. The molecule has 0 aromatic rings. The topological polar surface area (TPSA) is 26.3 Å². The third-order valence-corrected chi connectivity index (χ3v) is 4.52. The summed E-state index contributed by atoms with van der Waals surface area (Å²) in [5.74, 6) is 0.581. The van der Waals surface area contributed by atoms with Crippen molar-refractivity contribution in [2.75, 3.05) is 6.61 Å². The van der Waals surface area contributed by atoms with Gasteiger partial charge in [-0.05, 0) is 25.7 Å². The molecule has 1 aliphatic carbocycles. The van der Waals surface area contributed by atoms with Gasteiger partial charge in [0.15, 0.2) is 0 Å². The van der Waals surface area contributed by atoms with Crippen molar-refractivity contribution in [2.45, 2.75) is 57.5 Å². The summed E-state index contributed by atoms with van der Waals surface area (Å²) in [5, 5.41) is 0.439. The molecule has 0 spiro atoms. The van der Waals surface area contributed by atoms with Crippen molar-refractivity contribution in [3.63, 3.8) is 0 Å². The molecule has 3 atom stereocenters. The molecule has 0 aromatic carbocycles. The van der Waals surface area contributed by atoms with Crippen LogP contribution in [0.15, 0.2) is 0 Å². The highest BCUT2D eigenvalue weighted by molar-refractivity contribution is 8.01. The molecule has 1 rings (SSSR count). The number of hydrogen-bond donors (Lipinski definition) is 0. The summed E-state index contributed by atoms with van der Waals surface area (Å²) in [4.78, 5) is 11.9. The molecule has 16 heavy (non-hydrogen) atoms. The molecule has 0 saturated heterocycles. The van der Waals surface area contributed by atoms with Crippen molar-refractivity contribution in [1.29, 1.82) is 0 Å². The number of esters is 1. The predicted molar refractivity (Wildman–Crippen MR) is 69.7 cm³/mol. The molecule has 2 nitrogen and oxygen atoms in total. The van der Waals surface area contributed by atoms with Crippen LogP contribution >= 0.6 is 11.8 Å². The second-order valence-electron chi connectivity index (χ2n) is 5.60. The smallest absolute Gasteiger partial charge is 0.310 e. The molecule has 1 fully saturated rings. The molecule has 0 N–H and O–H groups in total. The van der Waals surface area contributed by atoms with E-state index in [2.05, 4.69) is 27.7 Å². The maximum absolute atomic E-state index is 11.9. The SMILES string of the molecule is CCOC(=O)C1C(C)CCC1SC(C)(C)C. The molecule has 3 heteroatoms. The van der Waals surface area contributed by atoms with Gasteiger partial charge in [-0.25, -0.2) is 0 Å². The van der Waals surface area contributed by atoms with E-state index in [1.54, 1.807) is 0 Å². The summed E-state index contributed by atoms with van der Waals surface area (Å²) in [5.41, 5.74) is 0. The molecule has 94 valence electrons. The van der Waals surface area contributed by atoms with Crippen LogP contribution in [0.3, 0.4) is 0 Å². The van der Waals surface area contributed by atoms with Crippen LogP contribution in [0.25, 0.3) is 0 Å². The van der Waals surface area contributed by atoms with E-state index >= 15 is 0 Å². The summed E-state index contributed by atoms with van der Waals surface area (Å²) >= 11 is 1.93. The molecule has 3 unspecified atom stereocenters. The van der Waals surface area contributed by atoms with Gasteiger partial charge in [0, 0.05) is 10.00 Å². The van der Waals surface area contributed by atoms with Crippen LogP contribution < -0.4 is 0 Å². The van der Waals surface area contributed by atoms with Crippen molar-refractivity contribution in [1.82, 2.24) is 0 Å². The van der Waals surface area contributed by atoms with Gasteiger partial charge in [-0.15, -0.1) is 0 Å². The first-order valence-electron chi connectivity index (χ1n) is 6.19. The van der Waals surface area contributed by atoms with E-state index in [9.17, 15) is 4.79 Å². The van der Waals surface area contributed by atoms with Crippen LogP contribution in [0.4, 0.5) is 0 Å². The Labute approximate surface area is 104 Å². The van der Waals surface area contributed by atoms with E-state index in [1.807, 2.05) is 18.7 Å². The lowest BCUT2D eigenvalue weighted by molar-refractivity contribution is -0.148. The Hall–Kier alpha value is -0.180. The lowest BCUT2D eigenvalue weighted by Crippen LogP contribution is -2.29. The fourth-order valence-corrected chi connectivity index (χ4v) is 4.05. The van der Waals surface area contributed by atoms with Gasteiger partial charge < -0.3 is 4.74 Å². The van der Waals surface area contributed by atoms with Crippen LogP contribution in [-0.4, -0.2) is 22.6 Å². The molecule has 0 aromatic heterocycles. The van der Waals surface area contributed by atoms with Crippen molar-refractivity contribution in [2.24, 2.45) is 11.8 Å². The van der Waals surface area contributed by atoms with Crippen LogP contribution in [0.5, 0.6) is 0 Å². The Morgan fingerprint density at radius 1 is 1.38 bits per heavy atom. The molecule has 0 amide bonds. The third kappa shape index (κ3) is 3.69. The fourth-order valence-electron chi connectivity index (χ4n) is 2.36. The quantitative estimate of drug-likeness (QED) is 0.711. The Bertz CT molecular complexity index is 245. The van der Waals surface area contributed by atoms with Gasteiger partial charge in [-0.1, -0.05) is 27.7 Å². The fraction of sp³-hybridized carbons (Fsp3) is 0.923. The summed E-state index contributed by atoms with van der Waals surface area (Å²) in [6.45, 7) is 11.2. The average molecular weight is 244 g/mol. The molecule has 0 radical (unpaired) electrons. The van der Waals surface area contributed by atoms with Crippen molar-refractivity contribution >= 4 is 17.7 Å². The largest absolute Gasteiger partial charge is 0.466 e. The van der Waals surface area contributed by atoms with Gasteiger partial charge in [-0.3, -0.25) is 4.79 Å². The first kappa shape index (κ1) is 13.9. The first-order valence-corrected chi connectivity index (χ1v) is 7.07. The Morgan fingerprint density at radius 3 is 2.50 bits per heavy atom. The number of thioether (sulfide) groups is 1. The molecular formula is C13H24O2S. The standard InChI is InChI=1S/C13H24O2S/c1-6-15-12(14)11-9(2)7-8-10(11)16-13(3,4)5/h9-11H,6-8H2,1-5H3. The van der Waals surface area contributed by atoms with E-state index in [0.717, 1.165) is 12.8 Å². The minimum absolute atomic E-state index is 0.00856. The molecule has 1 aliphatic rings. The molecule has 0 aliphatic heterocycles. The Kier molecular flexibility index (Phi) is 4.72. The number of ether oxygens (including phenoxy) is 1. The predicted octanol–water partition coefficient (Wildman–Crippen LogP) is 3.50. The van der Waals surface area contributed by atoms with E-state index in [1.165, 1.54) is 0 Å². The maximum Gasteiger partial charge on any atom is 0.310 e. The Balaban J connectivity index is 2.66. The van der Waals surface area contributed by atoms with Crippen molar-refractivity contribution < 1.29 is 9.53 Å². The number of hydrogen-bond acceptors (Lipinski definition) is 3. The minimum Gasteiger partial charge on any atom is -0.466 e. The van der Waals surface area contributed by atoms with Gasteiger partial charge in [0.2, 0.25) is 0 Å². The molecular weight excluding hydrogens is 220 g/mol. The normalized spacial score (nSPS) is 30.4. The Morgan fingerprint density at radius 2 is 2.00 bits per heavy atom. The second kappa shape index (κ2) is 5.44. The second-order valence-corrected chi connectivity index (χ2v) is 7.67. The molecule has 1 saturated carbocycles. The maximum atomic E-state index is 11.9. The van der Waals surface area contributed by atoms with Gasteiger partial charge in [0.1, 0.15) is 0 Å². The highest BCUT2D eigenvalue weighted by Crippen LogP contribution is 2.44. The average Bonchev–Trinajstić information content (AvgIpc) is 2.44. The van der Waals surface area contributed by atoms with Crippen molar-refractivity contribution in [3.8, 4) is 0 Å². The number of carbonyl (C=O) groups excluding carboxylic acids is 1. The molecule has 0 bridgehead atoms. The highest BCUT2D eigenvalue weighted by Gasteiger charge is 2.41. The van der Waals surface area contributed by atoms with Gasteiger partial charge in [0.25, 0.3) is 0 Å². The summed E-state index contributed by atoms with van der Waals surface area (Å²) in [6.07, 6.45) is 2.30. The van der Waals surface area contributed by atoms with Gasteiger partial charge in [0.05, 0.1) is 12.5 Å². The van der Waals surface area contributed by atoms with Crippen LogP contribution in [-0.2, 0) is 9.53 Å². The lowest BCUT2D eigenvalue weighted by atomic mass is 9.98. The first-order chi connectivity index (χ1) is 7.35. The lowest BCUT2D eigenvalue weighted by Gasteiger charge is -2.27. The molecule has 0 heterocycles. The number of rotatable bonds is 3. The van der Waals surface area contributed by atoms with Gasteiger partial charge >= 0.3 is 5.97 Å². The minimum atomic E-state index is 0.00856. The summed E-state index contributed by atoms with van der Waals surface area (Å²) in [6, 6.07) is 0. The van der Waals surface area contributed by atoms with E-state index < -0.39 is 0 Å². The van der Waals surface area contributed by atoms with Crippen LogP contribution in [0.2, 0.25) is 0 Å². The highest BCUT2D eigenvalue weighted by atomic mass is 32.2. The van der Waals surface area contributed by atoms with E-state index in [0.29, 0.717) is 17.8 Å². The van der Waals surface area contributed by atoms with Crippen molar-refractivity contribution in [3.05, 3.63) is 0 Å². The van der Waals surface area contributed by atoms with Gasteiger partial charge in [-0.2, -0.15) is 11.8 Å². The summed E-state index contributed by atoms with van der Waals surface area (Å²) in [7, 11) is 0. The number of carbonyl (C=O) groups is 1. The summed E-state index contributed by atoms with van der Waals surface area (Å²) < 4.78 is 5.41. The van der Waals surface area contributed by atoms with Crippen LogP contribution in [0, 0.1) is 11.8 Å². The monoisotopic (exact) mass is 244 g/mol.